The predicted molar refractivity (Wildman–Crippen MR) is 124 cm³/mol. The van der Waals surface area contributed by atoms with Gasteiger partial charge in [0.05, 0.1) is 12.1 Å². The summed E-state index contributed by atoms with van der Waals surface area (Å²) in [5.74, 6) is 0.0530. The second kappa shape index (κ2) is 12.1. The number of carbonyl (C=O) groups is 1. The van der Waals surface area contributed by atoms with Crippen LogP contribution in [0.2, 0.25) is 0 Å². The van der Waals surface area contributed by atoms with Gasteiger partial charge in [-0.3, -0.25) is 4.79 Å². The summed E-state index contributed by atoms with van der Waals surface area (Å²) in [5.41, 5.74) is 7.20. The Morgan fingerprint density at radius 2 is 2.00 bits per heavy atom. The topological polar surface area (TPSA) is 85.8 Å². The Morgan fingerprint density at radius 3 is 2.53 bits per heavy atom. The normalized spacial score (nSPS) is 20.3. The van der Waals surface area contributed by atoms with Crippen molar-refractivity contribution in [3.8, 4) is 6.07 Å². The van der Waals surface area contributed by atoms with Crippen molar-refractivity contribution in [1.82, 2.24) is 9.80 Å². The van der Waals surface area contributed by atoms with E-state index >= 15 is 0 Å². The van der Waals surface area contributed by atoms with Crippen molar-refractivity contribution in [2.75, 3.05) is 38.9 Å². The fraction of sp³-hybridized carbons (Fsp3) is 0.667. The quantitative estimate of drug-likeness (QED) is 0.468. The van der Waals surface area contributed by atoms with Crippen LogP contribution < -0.4 is 10.6 Å². The van der Waals surface area contributed by atoms with Gasteiger partial charge in [0.25, 0.3) is 0 Å². The molecule has 2 N–H and O–H groups in total. The zero-order valence-corrected chi connectivity index (χ0v) is 20.0. The third kappa shape index (κ3) is 6.89. The Kier molecular flexibility index (Phi) is 9.88. The molecule has 0 radical (unpaired) electrons. The standard InChI is InChI=1S/C24H38FN5O2/c1-6-19-13-23(19)30(18(3)14-26)24(31)22(27)15-28(4)17(2)11-12-29(16-32-5)21-9-7-20(25)8-10-21/h7-10,17-19,22-23H,6,11-13,15-16,27H2,1-5H3/t17?,18?,19?,22?,23-/m0/s1. The summed E-state index contributed by atoms with van der Waals surface area (Å²) in [7, 11) is 3.59. The maximum Gasteiger partial charge on any atom is 0.242 e. The van der Waals surface area contributed by atoms with Gasteiger partial charge >= 0.3 is 0 Å². The minimum atomic E-state index is -0.677. The first-order chi connectivity index (χ1) is 15.2. The molecule has 1 aromatic rings. The molecule has 32 heavy (non-hydrogen) atoms. The van der Waals surface area contributed by atoms with Crippen molar-refractivity contribution in [2.24, 2.45) is 11.7 Å². The number of methoxy groups -OCH3 is 1. The number of nitriles is 1. The fourth-order valence-corrected chi connectivity index (χ4v) is 4.11. The van der Waals surface area contributed by atoms with E-state index in [4.69, 9.17) is 10.5 Å². The average molecular weight is 448 g/mol. The van der Waals surface area contributed by atoms with Crippen LogP contribution in [0.15, 0.2) is 24.3 Å². The molecule has 0 aromatic heterocycles. The van der Waals surface area contributed by atoms with Crippen LogP contribution in [0.1, 0.15) is 40.0 Å². The smallest absolute Gasteiger partial charge is 0.242 e. The summed E-state index contributed by atoms with van der Waals surface area (Å²) in [6.45, 7) is 7.50. The van der Waals surface area contributed by atoms with Gasteiger partial charge < -0.3 is 25.2 Å². The highest BCUT2D eigenvalue weighted by Gasteiger charge is 2.45. The first kappa shape index (κ1) is 26.0. The van der Waals surface area contributed by atoms with Gasteiger partial charge in [0, 0.05) is 38.0 Å². The molecule has 0 bridgehead atoms. The van der Waals surface area contributed by atoms with Crippen LogP contribution in [0.25, 0.3) is 0 Å². The summed E-state index contributed by atoms with van der Waals surface area (Å²) >= 11 is 0. The summed E-state index contributed by atoms with van der Waals surface area (Å²) in [6.07, 6.45) is 2.77. The SMILES string of the molecule is CCC1C[C@@H]1N(C(=O)C(N)CN(C)C(C)CCN(COC)c1ccc(F)cc1)C(C)C#N. The molecule has 178 valence electrons. The highest BCUT2D eigenvalue weighted by atomic mass is 19.1. The fourth-order valence-electron chi connectivity index (χ4n) is 4.11. The first-order valence-corrected chi connectivity index (χ1v) is 11.4. The summed E-state index contributed by atoms with van der Waals surface area (Å²) in [6, 6.07) is 7.71. The van der Waals surface area contributed by atoms with Crippen molar-refractivity contribution in [1.29, 1.82) is 5.26 Å². The largest absolute Gasteiger partial charge is 0.364 e. The Labute approximate surface area is 191 Å². The van der Waals surface area contributed by atoms with Gasteiger partial charge in [0.1, 0.15) is 18.6 Å². The molecule has 4 unspecified atom stereocenters. The average Bonchev–Trinajstić information content (AvgIpc) is 3.56. The molecule has 1 saturated carbocycles. The molecule has 0 aliphatic heterocycles. The minimum Gasteiger partial charge on any atom is -0.364 e. The number of ether oxygens (including phenoxy) is 1. The zero-order valence-electron chi connectivity index (χ0n) is 20.0. The van der Waals surface area contributed by atoms with Gasteiger partial charge in [-0.15, -0.1) is 0 Å². The number of amides is 1. The Hall–Kier alpha value is -2.21. The van der Waals surface area contributed by atoms with Crippen LogP contribution in [0.4, 0.5) is 10.1 Å². The molecule has 0 spiro atoms. The summed E-state index contributed by atoms with van der Waals surface area (Å²) in [4.78, 5) is 18.9. The van der Waals surface area contributed by atoms with Gasteiger partial charge in [0.2, 0.25) is 5.91 Å². The summed E-state index contributed by atoms with van der Waals surface area (Å²) < 4.78 is 18.6. The molecule has 1 amide bonds. The molecule has 1 aliphatic rings. The third-order valence-electron chi connectivity index (χ3n) is 6.47. The van der Waals surface area contributed by atoms with Gasteiger partial charge in [-0.25, -0.2) is 4.39 Å². The lowest BCUT2D eigenvalue weighted by Gasteiger charge is -2.33. The van der Waals surface area contributed by atoms with E-state index in [1.165, 1.54) is 12.1 Å². The van der Waals surface area contributed by atoms with Crippen molar-refractivity contribution in [3.63, 3.8) is 0 Å². The molecule has 1 aromatic carbocycles. The van der Waals surface area contributed by atoms with Crippen molar-refractivity contribution < 1.29 is 13.9 Å². The van der Waals surface area contributed by atoms with E-state index in [9.17, 15) is 14.4 Å². The first-order valence-electron chi connectivity index (χ1n) is 11.4. The van der Waals surface area contributed by atoms with E-state index in [1.807, 2.05) is 11.9 Å². The van der Waals surface area contributed by atoms with Gasteiger partial charge in [-0.2, -0.15) is 5.26 Å². The molecule has 7 nitrogen and oxygen atoms in total. The second-order valence-electron chi connectivity index (χ2n) is 8.86. The van der Waals surface area contributed by atoms with Crippen molar-refractivity contribution in [3.05, 3.63) is 30.1 Å². The maximum atomic E-state index is 13.3. The van der Waals surface area contributed by atoms with Crippen molar-refractivity contribution in [2.45, 2.75) is 64.2 Å². The van der Waals surface area contributed by atoms with E-state index in [2.05, 4.69) is 24.8 Å². The number of halogens is 1. The van der Waals surface area contributed by atoms with Crippen molar-refractivity contribution >= 4 is 11.6 Å². The molecule has 1 fully saturated rings. The lowest BCUT2D eigenvalue weighted by molar-refractivity contribution is -0.135. The minimum absolute atomic E-state index is 0.134. The zero-order chi connectivity index (χ0) is 23.8. The molecule has 2 rings (SSSR count). The van der Waals surface area contributed by atoms with Gasteiger partial charge in [-0.1, -0.05) is 13.3 Å². The molecule has 8 heteroatoms. The molecule has 5 atom stereocenters. The monoisotopic (exact) mass is 447 g/mol. The number of benzene rings is 1. The molecule has 1 aliphatic carbocycles. The number of carbonyl (C=O) groups excluding carboxylic acids is 1. The van der Waals surface area contributed by atoms with Crippen LogP contribution in [0, 0.1) is 23.1 Å². The van der Waals surface area contributed by atoms with E-state index < -0.39 is 12.1 Å². The number of rotatable bonds is 13. The lowest BCUT2D eigenvalue weighted by Crippen LogP contribution is -2.53. The number of anilines is 1. The number of nitrogens with zero attached hydrogens (tertiary/aromatic N) is 4. The molecular weight excluding hydrogens is 409 g/mol. The van der Waals surface area contributed by atoms with Crippen LogP contribution in [-0.4, -0.2) is 73.9 Å². The van der Waals surface area contributed by atoms with E-state index in [0.29, 0.717) is 25.7 Å². The summed E-state index contributed by atoms with van der Waals surface area (Å²) in [5, 5.41) is 9.39. The lowest BCUT2D eigenvalue weighted by atomic mass is 10.1. The van der Waals surface area contributed by atoms with Crippen LogP contribution >= 0.6 is 0 Å². The van der Waals surface area contributed by atoms with E-state index in [0.717, 1.165) is 24.9 Å². The Balaban J connectivity index is 1.92. The van der Waals surface area contributed by atoms with Gasteiger partial charge in [-0.05, 0) is 63.9 Å². The number of nitrogens with two attached hydrogens (primary N) is 1. The molecular formula is C24H38FN5O2. The second-order valence-corrected chi connectivity index (χ2v) is 8.86. The molecule has 0 heterocycles. The Bertz CT molecular complexity index is 769. The number of hydrogen-bond donors (Lipinski definition) is 1. The number of hydrogen-bond acceptors (Lipinski definition) is 6. The highest BCUT2D eigenvalue weighted by Crippen LogP contribution is 2.39. The Morgan fingerprint density at radius 1 is 1.34 bits per heavy atom. The van der Waals surface area contributed by atoms with Crippen LogP contribution in [0.5, 0.6) is 0 Å². The maximum absolute atomic E-state index is 13.3. The third-order valence-corrected chi connectivity index (χ3v) is 6.47. The van der Waals surface area contributed by atoms with Crippen LogP contribution in [0.3, 0.4) is 0 Å². The van der Waals surface area contributed by atoms with Crippen LogP contribution in [-0.2, 0) is 9.53 Å². The van der Waals surface area contributed by atoms with Gasteiger partial charge in [0.15, 0.2) is 0 Å². The number of likely N-dealkylation sites (N-methyl/N-ethyl adjacent to an activating group) is 1. The van der Waals surface area contributed by atoms with E-state index in [1.54, 1.807) is 31.1 Å². The van der Waals surface area contributed by atoms with E-state index in [-0.39, 0.29) is 23.8 Å². The predicted octanol–water partition coefficient (Wildman–Crippen LogP) is 2.81. The highest BCUT2D eigenvalue weighted by molar-refractivity contribution is 5.83. The molecule has 0 saturated heterocycles.